The number of hydrogen-bond donors (Lipinski definition) is 1. The average Bonchev–Trinajstić information content (AvgIpc) is 1.62. The molecule has 0 aromatic carbocycles. The standard InChI is InChI=1S/C7H18NO/c1-5-7(9)6-8(2,3)4/h7,9H,5-6H2,1-4H3/q+1/t7-/m0/s1. The van der Waals surface area contributed by atoms with Gasteiger partial charge in [-0.25, -0.2) is 0 Å². The fourth-order valence-corrected chi connectivity index (χ4v) is 0.761. The third kappa shape index (κ3) is 5.80. The summed E-state index contributed by atoms with van der Waals surface area (Å²) in [6.45, 7) is 2.84. The summed E-state index contributed by atoms with van der Waals surface area (Å²) in [4.78, 5) is 0. The van der Waals surface area contributed by atoms with Gasteiger partial charge in [-0.05, 0) is 6.42 Å². The Morgan fingerprint density at radius 3 is 1.89 bits per heavy atom. The quantitative estimate of drug-likeness (QED) is 0.553. The summed E-state index contributed by atoms with van der Waals surface area (Å²) < 4.78 is 0.842. The smallest absolute Gasteiger partial charge is 0.104 e. The molecule has 0 amide bonds. The van der Waals surface area contributed by atoms with Crippen molar-refractivity contribution in [1.82, 2.24) is 0 Å². The van der Waals surface area contributed by atoms with E-state index in [0.717, 1.165) is 17.4 Å². The lowest BCUT2D eigenvalue weighted by Gasteiger charge is -2.26. The minimum atomic E-state index is -0.134. The van der Waals surface area contributed by atoms with Crippen LogP contribution in [0.2, 0.25) is 0 Å². The van der Waals surface area contributed by atoms with Crippen LogP contribution in [0.3, 0.4) is 0 Å². The second-order valence-corrected chi connectivity index (χ2v) is 3.53. The highest BCUT2D eigenvalue weighted by molar-refractivity contribution is 4.47. The van der Waals surface area contributed by atoms with Crippen molar-refractivity contribution in [1.29, 1.82) is 0 Å². The van der Waals surface area contributed by atoms with Gasteiger partial charge in [-0.2, -0.15) is 0 Å². The van der Waals surface area contributed by atoms with Gasteiger partial charge in [0.1, 0.15) is 12.6 Å². The van der Waals surface area contributed by atoms with Gasteiger partial charge in [0, 0.05) is 0 Å². The van der Waals surface area contributed by atoms with Crippen LogP contribution < -0.4 is 0 Å². The fraction of sp³-hybridized carbons (Fsp3) is 1.00. The summed E-state index contributed by atoms with van der Waals surface area (Å²) in [5, 5.41) is 9.18. The van der Waals surface area contributed by atoms with E-state index in [1.165, 1.54) is 0 Å². The molecule has 0 aromatic rings. The lowest BCUT2D eigenvalue weighted by Crippen LogP contribution is -2.41. The van der Waals surface area contributed by atoms with Gasteiger partial charge >= 0.3 is 0 Å². The Labute approximate surface area is 57.7 Å². The molecule has 0 radical (unpaired) electrons. The topological polar surface area (TPSA) is 20.2 Å². The zero-order chi connectivity index (χ0) is 7.49. The van der Waals surface area contributed by atoms with Gasteiger partial charge < -0.3 is 9.59 Å². The van der Waals surface area contributed by atoms with Gasteiger partial charge in [0.05, 0.1) is 21.1 Å². The van der Waals surface area contributed by atoms with E-state index in [1.807, 2.05) is 6.92 Å². The van der Waals surface area contributed by atoms with Crippen LogP contribution in [0.5, 0.6) is 0 Å². The first-order valence-corrected chi connectivity index (χ1v) is 3.44. The molecule has 0 spiro atoms. The number of hydrogen-bond acceptors (Lipinski definition) is 1. The molecule has 0 aromatic heterocycles. The van der Waals surface area contributed by atoms with Crippen molar-refractivity contribution in [2.45, 2.75) is 19.4 Å². The highest BCUT2D eigenvalue weighted by atomic mass is 16.3. The van der Waals surface area contributed by atoms with E-state index in [9.17, 15) is 5.11 Å². The third-order valence-corrected chi connectivity index (χ3v) is 1.23. The van der Waals surface area contributed by atoms with Gasteiger partial charge in [-0.1, -0.05) is 6.92 Å². The van der Waals surface area contributed by atoms with Crippen LogP contribution >= 0.6 is 0 Å². The normalized spacial score (nSPS) is 15.7. The van der Waals surface area contributed by atoms with Crippen LogP contribution in [-0.2, 0) is 0 Å². The predicted molar refractivity (Wildman–Crippen MR) is 39.2 cm³/mol. The van der Waals surface area contributed by atoms with Crippen LogP contribution in [0.4, 0.5) is 0 Å². The molecule has 1 N–H and O–H groups in total. The maximum Gasteiger partial charge on any atom is 0.104 e. The Hall–Kier alpha value is -0.0800. The fourth-order valence-electron chi connectivity index (χ4n) is 0.761. The molecule has 0 saturated heterocycles. The first kappa shape index (κ1) is 8.92. The minimum Gasteiger partial charge on any atom is -0.387 e. The molecule has 0 rings (SSSR count). The van der Waals surface area contributed by atoms with E-state index in [0.29, 0.717) is 0 Å². The summed E-state index contributed by atoms with van der Waals surface area (Å²) in [6, 6.07) is 0. The van der Waals surface area contributed by atoms with Crippen molar-refractivity contribution < 1.29 is 9.59 Å². The molecule has 9 heavy (non-hydrogen) atoms. The van der Waals surface area contributed by atoms with Crippen molar-refractivity contribution in [3.63, 3.8) is 0 Å². The number of rotatable bonds is 3. The van der Waals surface area contributed by atoms with Gasteiger partial charge in [-0.3, -0.25) is 0 Å². The Kier molecular flexibility index (Phi) is 3.15. The van der Waals surface area contributed by atoms with E-state index in [-0.39, 0.29) is 6.10 Å². The maximum atomic E-state index is 9.18. The van der Waals surface area contributed by atoms with Gasteiger partial charge in [0.25, 0.3) is 0 Å². The first-order valence-electron chi connectivity index (χ1n) is 3.44. The van der Waals surface area contributed by atoms with Crippen molar-refractivity contribution in [2.24, 2.45) is 0 Å². The second kappa shape index (κ2) is 3.18. The SMILES string of the molecule is CC[C@H](O)C[N+](C)(C)C. The van der Waals surface area contributed by atoms with Crippen LogP contribution in [0.15, 0.2) is 0 Å². The summed E-state index contributed by atoms with van der Waals surface area (Å²) in [5.41, 5.74) is 0. The number of aliphatic hydroxyl groups excluding tert-OH is 1. The average molecular weight is 132 g/mol. The Morgan fingerprint density at radius 1 is 1.33 bits per heavy atom. The number of likely N-dealkylation sites (N-methyl/N-ethyl adjacent to an activating group) is 1. The molecule has 0 saturated carbocycles. The molecule has 1 atom stereocenters. The van der Waals surface area contributed by atoms with Crippen LogP contribution in [-0.4, -0.2) is 43.4 Å². The molecule has 56 valence electrons. The van der Waals surface area contributed by atoms with Crippen molar-refractivity contribution in [3.8, 4) is 0 Å². The monoisotopic (exact) mass is 132 g/mol. The summed E-state index contributed by atoms with van der Waals surface area (Å²) in [5.74, 6) is 0. The highest BCUT2D eigenvalue weighted by Gasteiger charge is 2.12. The van der Waals surface area contributed by atoms with E-state index in [2.05, 4.69) is 21.1 Å². The third-order valence-electron chi connectivity index (χ3n) is 1.23. The van der Waals surface area contributed by atoms with E-state index in [4.69, 9.17) is 0 Å². The summed E-state index contributed by atoms with van der Waals surface area (Å²) in [6.07, 6.45) is 0.722. The number of aliphatic hydroxyl groups is 1. The Morgan fingerprint density at radius 2 is 1.78 bits per heavy atom. The van der Waals surface area contributed by atoms with Gasteiger partial charge in [0.2, 0.25) is 0 Å². The van der Waals surface area contributed by atoms with E-state index < -0.39 is 0 Å². The molecule has 0 heterocycles. The molecule has 0 aliphatic carbocycles. The van der Waals surface area contributed by atoms with E-state index in [1.54, 1.807) is 0 Å². The zero-order valence-corrected chi connectivity index (χ0v) is 6.89. The van der Waals surface area contributed by atoms with E-state index >= 15 is 0 Å². The Balaban J connectivity index is 3.47. The zero-order valence-electron chi connectivity index (χ0n) is 6.89. The van der Waals surface area contributed by atoms with Crippen molar-refractivity contribution >= 4 is 0 Å². The molecule has 0 fully saturated rings. The molecular formula is C7H18NO+. The summed E-state index contributed by atoms with van der Waals surface area (Å²) in [7, 11) is 6.25. The second-order valence-electron chi connectivity index (χ2n) is 3.53. The molecule has 0 unspecified atom stereocenters. The first-order chi connectivity index (χ1) is 3.95. The molecule has 0 aliphatic heterocycles. The Bertz CT molecular complexity index is 75.5. The van der Waals surface area contributed by atoms with Crippen LogP contribution in [0, 0.1) is 0 Å². The number of nitrogens with zero attached hydrogens (tertiary/aromatic N) is 1. The molecule has 2 nitrogen and oxygen atoms in total. The summed E-state index contributed by atoms with van der Waals surface area (Å²) >= 11 is 0. The lowest BCUT2D eigenvalue weighted by molar-refractivity contribution is -0.873. The van der Waals surface area contributed by atoms with Gasteiger partial charge in [0.15, 0.2) is 0 Å². The molecule has 2 heteroatoms. The number of quaternary nitrogens is 1. The van der Waals surface area contributed by atoms with Crippen LogP contribution in [0.1, 0.15) is 13.3 Å². The predicted octanol–water partition coefficient (Wildman–Crippen LogP) is 0.464. The van der Waals surface area contributed by atoms with Crippen molar-refractivity contribution in [3.05, 3.63) is 0 Å². The highest BCUT2D eigenvalue weighted by Crippen LogP contribution is 1.97. The largest absolute Gasteiger partial charge is 0.387 e. The lowest BCUT2D eigenvalue weighted by atomic mass is 10.2. The molecule has 0 aliphatic rings. The maximum absolute atomic E-state index is 9.18. The van der Waals surface area contributed by atoms with Gasteiger partial charge in [-0.15, -0.1) is 0 Å². The molecular weight excluding hydrogens is 114 g/mol. The molecule has 0 bridgehead atoms. The van der Waals surface area contributed by atoms with Crippen molar-refractivity contribution in [2.75, 3.05) is 27.7 Å². The van der Waals surface area contributed by atoms with Crippen LogP contribution in [0.25, 0.3) is 0 Å². The minimum absolute atomic E-state index is 0.134.